The lowest BCUT2D eigenvalue weighted by Crippen LogP contribution is -2.31. The minimum absolute atomic E-state index is 0.390. The predicted molar refractivity (Wildman–Crippen MR) is 96.6 cm³/mol. The summed E-state index contributed by atoms with van der Waals surface area (Å²) < 4.78 is 5.79. The minimum Gasteiger partial charge on any atom is -0.489 e. The maximum absolute atomic E-state index is 8.92. The maximum Gasteiger partial charge on any atom is 0.119 e. The van der Waals surface area contributed by atoms with Gasteiger partial charge in [0, 0.05) is 6.04 Å². The van der Waals surface area contributed by atoms with E-state index in [0.717, 1.165) is 17.7 Å². The van der Waals surface area contributed by atoms with Crippen LogP contribution in [0.2, 0.25) is 0 Å². The summed E-state index contributed by atoms with van der Waals surface area (Å²) in [5.41, 5.74) is 2.89. The second kappa shape index (κ2) is 8.77. The van der Waals surface area contributed by atoms with Crippen LogP contribution in [0.5, 0.6) is 5.75 Å². The Morgan fingerprint density at radius 3 is 2.58 bits per heavy atom. The van der Waals surface area contributed by atoms with Gasteiger partial charge in [0.25, 0.3) is 0 Å². The second-order valence-corrected chi connectivity index (χ2v) is 5.92. The van der Waals surface area contributed by atoms with Crippen LogP contribution in [0.15, 0.2) is 48.5 Å². The molecule has 0 spiro atoms. The zero-order valence-corrected chi connectivity index (χ0v) is 14.2. The van der Waals surface area contributed by atoms with Gasteiger partial charge in [-0.05, 0) is 55.8 Å². The Labute approximate surface area is 144 Å². The molecule has 0 aliphatic rings. The van der Waals surface area contributed by atoms with E-state index in [2.05, 4.69) is 35.9 Å². The largest absolute Gasteiger partial charge is 0.489 e. The summed E-state index contributed by atoms with van der Waals surface area (Å²) in [6.07, 6.45) is 6.30. The molecular formula is C21H22N2O. The molecule has 0 fully saturated rings. The van der Waals surface area contributed by atoms with E-state index in [0.29, 0.717) is 24.8 Å². The number of terminal acetylenes is 1. The molecule has 0 aliphatic carbocycles. The molecule has 0 heterocycles. The van der Waals surface area contributed by atoms with Gasteiger partial charge in [-0.2, -0.15) is 5.26 Å². The Hall–Kier alpha value is -2.75. The number of hydrogen-bond donors (Lipinski definition) is 0. The fourth-order valence-electron chi connectivity index (χ4n) is 2.42. The van der Waals surface area contributed by atoms with E-state index in [9.17, 15) is 0 Å². The summed E-state index contributed by atoms with van der Waals surface area (Å²) in [6.45, 7) is 3.28. The average Bonchev–Trinajstić information content (AvgIpc) is 2.61. The van der Waals surface area contributed by atoms with Crippen molar-refractivity contribution in [2.24, 2.45) is 0 Å². The molecule has 0 unspecified atom stereocenters. The molecule has 0 N–H and O–H groups in total. The Bertz CT molecular complexity index is 738. The Morgan fingerprint density at radius 1 is 1.17 bits per heavy atom. The number of rotatable bonds is 7. The van der Waals surface area contributed by atoms with Gasteiger partial charge in [0.05, 0.1) is 18.2 Å². The first-order chi connectivity index (χ1) is 11.6. The Kier molecular flexibility index (Phi) is 6.43. The standard InChI is InChI=1S/C21H22N2O/c1-4-12-23(3)17(2)13-18-8-10-21(11-9-18)24-16-20-7-5-6-19(14-20)15-22/h1,5-11,14,17H,12-13,16H2,2-3H3/t17-/m1/s1. The van der Waals surface area contributed by atoms with Gasteiger partial charge in [0.1, 0.15) is 12.4 Å². The number of nitrogens with zero attached hydrogens (tertiary/aromatic N) is 2. The normalized spacial score (nSPS) is 11.5. The van der Waals surface area contributed by atoms with Crippen molar-refractivity contribution in [3.05, 3.63) is 65.2 Å². The summed E-state index contributed by atoms with van der Waals surface area (Å²) in [6, 6.07) is 18.1. The van der Waals surface area contributed by atoms with Crippen molar-refractivity contribution >= 4 is 0 Å². The van der Waals surface area contributed by atoms with Crippen molar-refractivity contribution in [1.29, 1.82) is 5.26 Å². The van der Waals surface area contributed by atoms with Gasteiger partial charge in [-0.1, -0.05) is 30.2 Å². The third-order valence-electron chi connectivity index (χ3n) is 4.01. The van der Waals surface area contributed by atoms with Crippen molar-refractivity contribution in [1.82, 2.24) is 4.90 Å². The van der Waals surface area contributed by atoms with Gasteiger partial charge in [0.15, 0.2) is 0 Å². The summed E-state index contributed by atoms with van der Waals surface area (Å²) in [7, 11) is 2.04. The molecule has 24 heavy (non-hydrogen) atoms. The molecule has 122 valence electrons. The van der Waals surface area contributed by atoms with Gasteiger partial charge < -0.3 is 4.74 Å². The summed E-state index contributed by atoms with van der Waals surface area (Å²) >= 11 is 0. The molecule has 2 aromatic carbocycles. The monoisotopic (exact) mass is 318 g/mol. The molecule has 1 atom stereocenters. The van der Waals surface area contributed by atoms with Gasteiger partial charge in [-0.3, -0.25) is 4.90 Å². The zero-order chi connectivity index (χ0) is 17.4. The lowest BCUT2D eigenvalue weighted by atomic mass is 10.1. The van der Waals surface area contributed by atoms with Crippen LogP contribution in [-0.4, -0.2) is 24.5 Å². The van der Waals surface area contributed by atoms with Gasteiger partial charge in [0.2, 0.25) is 0 Å². The first-order valence-electron chi connectivity index (χ1n) is 7.97. The van der Waals surface area contributed by atoms with E-state index < -0.39 is 0 Å². The van der Waals surface area contributed by atoms with Crippen LogP contribution >= 0.6 is 0 Å². The van der Waals surface area contributed by atoms with E-state index in [1.165, 1.54) is 5.56 Å². The van der Waals surface area contributed by atoms with Crippen LogP contribution in [0.1, 0.15) is 23.6 Å². The number of nitriles is 1. The first kappa shape index (κ1) is 17.6. The fraction of sp³-hybridized carbons (Fsp3) is 0.286. The van der Waals surface area contributed by atoms with Gasteiger partial charge in [-0.15, -0.1) is 6.42 Å². The summed E-state index contributed by atoms with van der Waals surface area (Å²) in [4.78, 5) is 2.16. The lowest BCUT2D eigenvalue weighted by Gasteiger charge is -2.22. The van der Waals surface area contributed by atoms with Gasteiger partial charge >= 0.3 is 0 Å². The zero-order valence-electron chi connectivity index (χ0n) is 14.2. The van der Waals surface area contributed by atoms with Crippen molar-refractivity contribution in [3.63, 3.8) is 0 Å². The molecule has 2 aromatic rings. The van der Waals surface area contributed by atoms with E-state index >= 15 is 0 Å². The van der Waals surface area contributed by atoms with Gasteiger partial charge in [-0.25, -0.2) is 0 Å². The maximum atomic E-state index is 8.92. The van der Waals surface area contributed by atoms with Crippen molar-refractivity contribution in [2.75, 3.05) is 13.6 Å². The molecule has 0 saturated carbocycles. The van der Waals surface area contributed by atoms with Crippen molar-refractivity contribution in [2.45, 2.75) is 26.0 Å². The Morgan fingerprint density at radius 2 is 1.92 bits per heavy atom. The smallest absolute Gasteiger partial charge is 0.119 e. The Balaban J connectivity index is 1.90. The third kappa shape index (κ3) is 5.16. The predicted octanol–water partition coefficient (Wildman–Crippen LogP) is 3.63. The quantitative estimate of drug-likeness (QED) is 0.731. The second-order valence-electron chi connectivity index (χ2n) is 5.92. The highest BCUT2D eigenvalue weighted by molar-refractivity contribution is 5.33. The number of hydrogen-bond acceptors (Lipinski definition) is 3. The summed E-state index contributed by atoms with van der Waals surface area (Å²) in [5, 5.41) is 8.92. The molecule has 0 radical (unpaired) electrons. The third-order valence-corrected chi connectivity index (χ3v) is 4.01. The van der Waals surface area contributed by atoms with E-state index in [-0.39, 0.29) is 0 Å². The SMILES string of the molecule is C#CCN(C)[C@H](C)Cc1ccc(OCc2cccc(C#N)c2)cc1. The van der Waals surface area contributed by atoms with E-state index in [4.69, 9.17) is 16.4 Å². The highest BCUT2D eigenvalue weighted by Gasteiger charge is 2.08. The molecule has 0 aliphatic heterocycles. The molecule has 3 nitrogen and oxygen atoms in total. The van der Waals surface area contributed by atoms with Crippen LogP contribution in [0.3, 0.4) is 0 Å². The van der Waals surface area contributed by atoms with E-state index in [1.54, 1.807) is 6.07 Å². The number of ether oxygens (including phenoxy) is 1. The van der Waals surface area contributed by atoms with Crippen LogP contribution in [0.4, 0.5) is 0 Å². The molecule has 0 amide bonds. The molecular weight excluding hydrogens is 296 g/mol. The average molecular weight is 318 g/mol. The van der Waals surface area contributed by atoms with Crippen molar-refractivity contribution in [3.8, 4) is 24.2 Å². The molecule has 0 aromatic heterocycles. The first-order valence-corrected chi connectivity index (χ1v) is 7.97. The van der Waals surface area contributed by atoms with Crippen molar-refractivity contribution < 1.29 is 4.74 Å². The highest BCUT2D eigenvalue weighted by Crippen LogP contribution is 2.16. The van der Waals surface area contributed by atoms with Crippen LogP contribution < -0.4 is 4.74 Å². The summed E-state index contributed by atoms with van der Waals surface area (Å²) in [5.74, 6) is 3.49. The van der Waals surface area contributed by atoms with E-state index in [1.807, 2.05) is 37.4 Å². The minimum atomic E-state index is 0.390. The topological polar surface area (TPSA) is 36.3 Å². The molecule has 0 bridgehead atoms. The molecule has 0 saturated heterocycles. The van der Waals surface area contributed by atoms with Crippen LogP contribution in [0, 0.1) is 23.7 Å². The molecule has 3 heteroatoms. The number of likely N-dealkylation sites (N-methyl/N-ethyl adjacent to an activating group) is 1. The molecule has 2 rings (SSSR count). The fourth-order valence-corrected chi connectivity index (χ4v) is 2.42. The number of benzene rings is 2. The lowest BCUT2D eigenvalue weighted by molar-refractivity contribution is 0.286. The highest BCUT2D eigenvalue weighted by atomic mass is 16.5. The van der Waals surface area contributed by atoms with Crippen LogP contribution in [0.25, 0.3) is 0 Å². The van der Waals surface area contributed by atoms with Crippen LogP contribution in [-0.2, 0) is 13.0 Å².